The molecule has 1 amide bonds. The Labute approximate surface area is 115 Å². The van der Waals surface area contributed by atoms with Crippen molar-refractivity contribution in [2.75, 3.05) is 11.4 Å². The van der Waals surface area contributed by atoms with Crippen LogP contribution in [0.4, 0.5) is 10.1 Å². The van der Waals surface area contributed by atoms with Crippen molar-refractivity contribution in [1.82, 2.24) is 0 Å². The van der Waals surface area contributed by atoms with Crippen molar-refractivity contribution in [3.8, 4) is 0 Å². The summed E-state index contributed by atoms with van der Waals surface area (Å²) in [4.78, 5) is 23.6. The molecule has 1 heterocycles. The minimum Gasteiger partial charge on any atom is -0.481 e. The lowest BCUT2D eigenvalue weighted by Crippen LogP contribution is -2.26. The Bertz CT molecular complexity index is 537. The molecule has 96 valence electrons. The van der Waals surface area contributed by atoms with E-state index in [-0.39, 0.29) is 23.7 Å². The summed E-state index contributed by atoms with van der Waals surface area (Å²) in [5.74, 6) is -2.90. The van der Waals surface area contributed by atoms with Crippen LogP contribution in [0, 0.1) is 11.7 Å². The lowest BCUT2D eigenvalue weighted by atomic mass is 10.1. The summed E-state index contributed by atoms with van der Waals surface area (Å²) < 4.78 is 14.1. The molecule has 2 rings (SSSR count). The van der Waals surface area contributed by atoms with Gasteiger partial charge in [0.1, 0.15) is 5.82 Å². The first-order valence-corrected chi connectivity index (χ1v) is 6.25. The average molecular weight is 337 g/mol. The molecule has 1 fully saturated rings. The van der Waals surface area contributed by atoms with Crippen LogP contribution in [0.1, 0.15) is 6.42 Å². The summed E-state index contributed by atoms with van der Waals surface area (Å²) in [5.41, 5.74) is 0.0111. The van der Waals surface area contributed by atoms with Crippen molar-refractivity contribution in [3.63, 3.8) is 0 Å². The molecule has 0 aliphatic carbocycles. The van der Waals surface area contributed by atoms with Crippen molar-refractivity contribution in [1.29, 1.82) is 0 Å². The molecular formula is C11H8BrClFNO3. The van der Waals surface area contributed by atoms with Crippen LogP contribution in [0.15, 0.2) is 16.6 Å². The van der Waals surface area contributed by atoms with E-state index in [0.29, 0.717) is 4.47 Å². The first-order valence-electron chi connectivity index (χ1n) is 5.08. The van der Waals surface area contributed by atoms with Gasteiger partial charge in [-0.25, -0.2) is 4.39 Å². The Morgan fingerprint density at radius 2 is 2.22 bits per heavy atom. The number of halogens is 3. The van der Waals surface area contributed by atoms with Gasteiger partial charge in [-0.15, -0.1) is 0 Å². The van der Waals surface area contributed by atoms with E-state index in [0.717, 1.165) is 11.0 Å². The van der Waals surface area contributed by atoms with Crippen LogP contribution in [-0.4, -0.2) is 23.5 Å². The molecule has 0 radical (unpaired) electrons. The lowest BCUT2D eigenvalue weighted by Gasteiger charge is -2.17. The van der Waals surface area contributed by atoms with E-state index in [1.165, 1.54) is 6.07 Å². The molecule has 1 N–H and O–H groups in total. The van der Waals surface area contributed by atoms with Gasteiger partial charge in [-0.1, -0.05) is 11.6 Å². The number of amides is 1. The minimum absolute atomic E-state index is 0.0111. The zero-order chi connectivity index (χ0) is 13.4. The zero-order valence-corrected chi connectivity index (χ0v) is 11.3. The second-order valence-corrected chi connectivity index (χ2v) is 5.22. The number of rotatable bonds is 2. The minimum atomic E-state index is -1.06. The molecule has 18 heavy (non-hydrogen) atoms. The molecule has 1 aliphatic rings. The van der Waals surface area contributed by atoms with E-state index in [2.05, 4.69) is 15.9 Å². The first-order chi connectivity index (χ1) is 8.40. The van der Waals surface area contributed by atoms with Gasteiger partial charge in [0, 0.05) is 17.4 Å². The number of carbonyl (C=O) groups is 2. The Morgan fingerprint density at radius 1 is 1.56 bits per heavy atom. The number of hydrogen-bond donors (Lipinski definition) is 1. The number of benzene rings is 1. The molecule has 1 aliphatic heterocycles. The number of carbonyl (C=O) groups excluding carboxylic acids is 1. The molecule has 7 heteroatoms. The fourth-order valence-corrected chi connectivity index (χ4v) is 2.30. The van der Waals surface area contributed by atoms with E-state index >= 15 is 0 Å². The Balaban J connectivity index is 2.35. The van der Waals surface area contributed by atoms with Crippen LogP contribution in [-0.2, 0) is 9.59 Å². The number of carboxylic acids is 1. The number of carboxylic acid groups (broad SMARTS) is 1. The highest BCUT2D eigenvalue weighted by Crippen LogP contribution is 2.33. The quantitative estimate of drug-likeness (QED) is 0.845. The molecule has 0 saturated carbocycles. The van der Waals surface area contributed by atoms with E-state index in [1.807, 2.05) is 0 Å². The van der Waals surface area contributed by atoms with E-state index in [9.17, 15) is 14.0 Å². The molecule has 0 aromatic heterocycles. The zero-order valence-electron chi connectivity index (χ0n) is 8.99. The number of aliphatic carboxylic acids is 1. The number of hydrogen-bond acceptors (Lipinski definition) is 2. The van der Waals surface area contributed by atoms with Crippen LogP contribution in [0.3, 0.4) is 0 Å². The van der Waals surface area contributed by atoms with Gasteiger partial charge in [0.25, 0.3) is 0 Å². The monoisotopic (exact) mass is 335 g/mol. The third kappa shape index (κ3) is 2.35. The normalized spacial score (nSPS) is 19.4. The standard InChI is InChI=1S/C11H8BrClFNO3/c12-6-2-8(14)9(3-7(6)13)15-4-5(11(17)18)1-10(15)16/h2-3,5H,1,4H2,(H,17,18). The molecule has 1 saturated heterocycles. The molecule has 0 bridgehead atoms. The smallest absolute Gasteiger partial charge is 0.308 e. The summed E-state index contributed by atoms with van der Waals surface area (Å²) in [7, 11) is 0. The van der Waals surface area contributed by atoms with Gasteiger partial charge in [-0.2, -0.15) is 0 Å². The molecule has 1 atom stereocenters. The third-order valence-electron chi connectivity index (χ3n) is 2.75. The largest absolute Gasteiger partial charge is 0.481 e. The Kier molecular flexibility index (Phi) is 3.59. The summed E-state index contributed by atoms with van der Waals surface area (Å²) in [5, 5.41) is 9.12. The van der Waals surface area contributed by atoms with Gasteiger partial charge in [0.2, 0.25) is 5.91 Å². The third-order valence-corrected chi connectivity index (χ3v) is 3.95. The summed E-state index contributed by atoms with van der Waals surface area (Å²) in [6.07, 6.45) is -0.123. The molecule has 4 nitrogen and oxygen atoms in total. The van der Waals surface area contributed by atoms with Gasteiger partial charge >= 0.3 is 5.97 Å². The predicted octanol–water partition coefficient (Wildman–Crippen LogP) is 2.68. The molecular weight excluding hydrogens is 328 g/mol. The van der Waals surface area contributed by atoms with Gasteiger partial charge in [0.05, 0.1) is 16.6 Å². The highest BCUT2D eigenvalue weighted by Gasteiger charge is 2.36. The molecule has 1 aromatic carbocycles. The highest BCUT2D eigenvalue weighted by atomic mass is 79.9. The fourth-order valence-electron chi connectivity index (χ4n) is 1.82. The second kappa shape index (κ2) is 4.85. The Hall–Kier alpha value is -1.14. The van der Waals surface area contributed by atoms with Crippen molar-refractivity contribution in [2.45, 2.75) is 6.42 Å². The SMILES string of the molecule is O=C(O)C1CC(=O)N(c2cc(Cl)c(Br)cc2F)C1. The maximum absolute atomic E-state index is 13.8. The number of nitrogens with zero attached hydrogens (tertiary/aromatic N) is 1. The Morgan fingerprint density at radius 3 is 2.78 bits per heavy atom. The van der Waals surface area contributed by atoms with Crippen molar-refractivity contribution >= 4 is 45.1 Å². The van der Waals surface area contributed by atoms with Gasteiger partial charge in [-0.3, -0.25) is 9.59 Å². The predicted molar refractivity (Wildman–Crippen MR) is 67.2 cm³/mol. The van der Waals surface area contributed by atoms with Gasteiger partial charge < -0.3 is 10.0 Å². The van der Waals surface area contributed by atoms with Crippen molar-refractivity contribution in [3.05, 3.63) is 27.4 Å². The average Bonchev–Trinajstić information content (AvgIpc) is 2.66. The topological polar surface area (TPSA) is 57.6 Å². The van der Waals surface area contributed by atoms with Gasteiger partial charge in [-0.05, 0) is 28.1 Å². The lowest BCUT2D eigenvalue weighted by molar-refractivity contribution is -0.141. The highest BCUT2D eigenvalue weighted by molar-refractivity contribution is 9.10. The maximum atomic E-state index is 13.8. The summed E-state index contributed by atoms with van der Waals surface area (Å²) in [6.45, 7) is -0.0386. The van der Waals surface area contributed by atoms with Gasteiger partial charge in [0.15, 0.2) is 0 Å². The molecule has 0 spiro atoms. The van der Waals surface area contributed by atoms with Crippen LogP contribution in [0.5, 0.6) is 0 Å². The van der Waals surface area contributed by atoms with Crippen LogP contribution in [0.2, 0.25) is 5.02 Å². The summed E-state index contributed by atoms with van der Waals surface area (Å²) >= 11 is 8.91. The maximum Gasteiger partial charge on any atom is 0.308 e. The number of anilines is 1. The van der Waals surface area contributed by atoms with Crippen molar-refractivity contribution in [2.24, 2.45) is 5.92 Å². The van der Waals surface area contributed by atoms with Crippen LogP contribution in [0.25, 0.3) is 0 Å². The van der Waals surface area contributed by atoms with E-state index < -0.39 is 23.6 Å². The van der Waals surface area contributed by atoms with Crippen molar-refractivity contribution < 1.29 is 19.1 Å². The second-order valence-electron chi connectivity index (χ2n) is 3.96. The van der Waals surface area contributed by atoms with E-state index in [1.54, 1.807) is 0 Å². The molecule has 1 aromatic rings. The van der Waals surface area contributed by atoms with Crippen LogP contribution < -0.4 is 4.90 Å². The van der Waals surface area contributed by atoms with Crippen LogP contribution >= 0.6 is 27.5 Å². The molecule has 1 unspecified atom stereocenters. The van der Waals surface area contributed by atoms with E-state index in [4.69, 9.17) is 16.7 Å². The first kappa shape index (κ1) is 13.3. The fraction of sp³-hybridized carbons (Fsp3) is 0.273. The summed E-state index contributed by atoms with van der Waals surface area (Å²) in [6, 6.07) is 2.46.